The Balaban J connectivity index is 1.97. The number of hydrogen-bond acceptors (Lipinski definition) is 5. The third kappa shape index (κ3) is 4.51. The minimum Gasteiger partial charge on any atom is -0.508 e. The van der Waals surface area contributed by atoms with Crippen molar-refractivity contribution in [1.29, 1.82) is 0 Å². The molecule has 0 aliphatic carbocycles. The zero-order chi connectivity index (χ0) is 15.5. The minimum absolute atomic E-state index is 0.158. The molecule has 1 heterocycles. The molecule has 0 aliphatic heterocycles. The Morgan fingerprint density at radius 2 is 2.00 bits per heavy atom. The second-order valence-corrected chi connectivity index (χ2v) is 7.29. The van der Waals surface area contributed by atoms with Crippen LogP contribution in [0.1, 0.15) is 37.8 Å². The molecule has 0 spiro atoms. The molecule has 0 radical (unpaired) electrons. The van der Waals surface area contributed by atoms with Crippen molar-refractivity contribution >= 4 is 11.3 Å². The smallest absolute Gasteiger partial charge is 0.148 e. The topological polar surface area (TPSA) is 58.0 Å². The number of nitrogens with one attached hydrogen (secondary N) is 1. The summed E-state index contributed by atoms with van der Waals surface area (Å²) in [5, 5.41) is 23.7. The van der Waals surface area contributed by atoms with Gasteiger partial charge in [0.15, 0.2) is 0 Å². The SMILES string of the molecule is Cc1c(O)cccc1-c1nnc(CCCNC(C)(C)C)s1. The molecule has 2 N–H and O–H groups in total. The third-order valence-electron chi connectivity index (χ3n) is 3.23. The summed E-state index contributed by atoms with van der Waals surface area (Å²) in [7, 11) is 0. The van der Waals surface area contributed by atoms with Gasteiger partial charge in [-0.2, -0.15) is 0 Å². The van der Waals surface area contributed by atoms with Gasteiger partial charge in [-0.25, -0.2) is 0 Å². The molecule has 0 fully saturated rings. The maximum Gasteiger partial charge on any atom is 0.148 e. The van der Waals surface area contributed by atoms with E-state index in [4.69, 9.17) is 0 Å². The number of aromatic hydroxyl groups is 1. The van der Waals surface area contributed by atoms with Crippen LogP contribution in [-0.2, 0) is 6.42 Å². The Morgan fingerprint density at radius 1 is 1.24 bits per heavy atom. The molecule has 5 heteroatoms. The number of phenolic OH excluding ortho intramolecular Hbond substituents is 1. The zero-order valence-electron chi connectivity index (χ0n) is 13.1. The summed E-state index contributed by atoms with van der Waals surface area (Å²) in [6, 6.07) is 5.51. The van der Waals surface area contributed by atoms with Crippen LogP contribution >= 0.6 is 11.3 Å². The van der Waals surface area contributed by atoms with E-state index < -0.39 is 0 Å². The van der Waals surface area contributed by atoms with Gasteiger partial charge in [-0.1, -0.05) is 23.5 Å². The Kier molecular flexibility index (Phi) is 4.96. The fourth-order valence-electron chi connectivity index (χ4n) is 2.02. The number of aromatic nitrogens is 2. The predicted octanol–water partition coefficient (Wildman–Crippen LogP) is 3.54. The van der Waals surface area contributed by atoms with Crippen LogP contribution in [-0.4, -0.2) is 27.4 Å². The van der Waals surface area contributed by atoms with Gasteiger partial charge in [-0.3, -0.25) is 0 Å². The molecule has 0 aliphatic rings. The molecular weight excluding hydrogens is 282 g/mol. The van der Waals surface area contributed by atoms with Gasteiger partial charge < -0.3 is 10.4 Å². The molecule has 0 unspecified atom stereocenters. The Morgan fingerprint density at radius 3 is 2.71 bits per heavy atom. The van der Waals surface area contributed by atoms with Gasteiger partial charge in [-0.15, -0.1) is 10.2 Å². The van der Waals surface area contributed by atoms with E-state index in [1.165, 1.54) is 0 Å². The Labute approximate surface area is 130 Å². The van der Waals surface area contributed by atoms with Crippen LogP contribution in [0.5, 0.6) is 5.75 Å². The fraction of sp³-hybridized carbons (Fsp3) is 0.500. The van der Waals surface area contributed by atoms with Crippen molar-refractivity contribution in [3.8, 4) is 16.3 Å². The van der Waals surface area contributed by atoms with E-state index in [0.29, 0.717) is 5.75 Å². The van der Waals surface area contributed by atoms with E-state index in [2.05, 4.69) is 36.3 Å². The van der Waals surface area contributed by atoms with Crippen molar-refractivity contribution in [3.63, 3.8) is 0 Å². The first kappa shape index (κ1) is 15.9. The summed E-state index contributed by atoms with van der Waals surface area (Å²) in [4.78, 5) is 0. The molecule has 0 amide bonds. The standard InChI is InChI=1S/C16H23N3OS/c1-11-12(7-5-8-13(11)20)15-19-18-14(21-15)9-6-10-17-16(2,3)4/h5,7-8,17,20H,6,9-10H2,1-4H3. The molecule has 1 aromatic carbocycles. The summed E-state index contributed by atoms with van der Waals surface area (Å²) in [5.41, 5.74) is 1.98. The lowest BCUT2D eigenvalue weighted by atomic mass is 10.1. The van der Waals surface area contributed by atoms with Crippen molar-refractivity contribution in [2.75, 3.05) is 6.54 Å². The van der Waals surface area contributed by atoms with Crippen molar-refractivity contribution in [1.82, 2.24) is 15.5 Å². The zero-order valence-corrected chi connectivity index (χ0v) is 13.9. The van der Waals surface area contributed by atoms with E-state index in [-0.39, 0.29) is 5.54 Å². The molecule has 0 saturated carbocycles. The van der Waals surface area contributed by atoms with E-state index in [0.717, 1.165) is 40.5 Å². The third-order valence-corrected chi connectivity index (χ3v) is 4.24. The summed E-state index contributed by atoms with van der Waals surface area (Å²) in [6.07, 6.45) is 1.98. The molecule has 21 heavy (non-hydrogen) atoms. The molecule has 1 aromatic heterocycles. The van der Waals surface area contributed by atoms with E-state index in [1.54, 1.807) is 17.4 Å². The molecule has 0 bridgehead atoms. The van der Waals surface area contributed by atoms with Gasteiger partial charge in [0.05, 0.1) is 0 Å². The van der Waals surface area contributed by atoms with E-state index >= 15 is 0 Å². The summed E-state index contributed by atoms with van der Waals surface area (Å²) >= 11 is 1.61. The van der Waals surface area contributed by atoms with Crippen molar-refractivity contribution in [2.24, 2.45) is 0 Å². The van der Waals surface area contributed by atoms with Crippen LogP contribution in [0.25, 0.3) is 10.6 Å². The molecule has 114 valence electrons. The van der Waals surface area contributed by atoms with Gasteiger partial charge in [0, 0.05) is 23.1 Å². The lowest BCUT2D eigenvalue weighted by Gasteiger charge is -2.20. The van der Waals surface area contributed by atoms with Crippen molar-refractivity contribution in [2.45, 2.75) is 46.1 Å². The van der Waals surface area contributed by atoms with Crippen LogP contribution < -0.4 is 5.32 Å². The highest BCUT2D eigenvalue weighted by Crippen LogP contribution is 2.31. The van der Waals surface area contributed by atoms with E-state index in [1.807, 2.05) is 19.1 Å². The number of rotatable bonds is 5. The first-order chi connectivity index (χ1) is 9.87. The van der Waals surface area contributed by atoms with E-state index in [9.17, 15) is 5.11 Å². The van der Waals surface area contributed by atoms with Gasteiger partial charge in [0.25, 0.3) is 0 Å². The molecule has 2 aromatic rings. The fourth-order valence-corrected chi connectivity index (χ4v) is 2.99. The van der Waals surface area contributed by atoms with Crippen LogP contribution in [0.2, 0.25) is 0 Å². The normalized spacial score (nSPS) is 11.8. The number of nitrogens with zero attached hydrogens (tertiary/aromatic N) is 2. The molecule has 2 rings (SSSR count). The number of hydrogen-bond donors (Lipinski definition) is 2. The second-order valence-electron chi connectivity index (χ2n) is 6.23. The van der Waals surface area contributed by atoms with Crippen LogP contribution in [0.4, 0.5) is 0 Å². The molecule has 0 atom stereocenters. The lowest BCUT2D eigenvalue weighted by Crippen LogP contribution is -2.36. The van der Waals surface area contributed by atoms with Gasteiger partial charge >= 0.3 is 0 Å². The number of aryl methyl sites for hydroxylation is 1. The predicted molar refractivity (Wildman–Crippen MR) is 87.8 cm³/mol. The van der Waals surface area contributed by atoms with Gasteiger partial charge in [0.2, 0.25) is 0 Å². The summed E-state index contributed by atoms with van der Waals surface area (Å²) < 4.78 is 0. The lowest BCUT2D eigenvalue weighted by molar-refractivity contribution is 0.422. The van der Waals surface area contributed by atoms with Crippen LogP contribution in [0.3, 0.4) is 0 Å². The molecule has 0 saturated heterocycles. The van der Waals surface area contributed by atoms with Crippen molar-refractivity contribution in [3.05, 3.63) is 28.8 Å². The number of benzene rings is 1. The summed E-state index contributed by atoms with van der Waals surface area (Å²) in [5.74, 6) is 0.304. The molecule has 4 nitrogen and oxygen atoms in total. The highest BCUT2D eigenvalue weighted by molar-refractivity contribution is 7.14. The average Bonchev–Trinajstić information content (AvgIpc) is 2.85. The summed E-state index contributed by atoms with van der Waals surface area (Å²) in [6.45, 7) is 9.38. The first-order valence-electron chi connectivity index (χ1n) is 7.23. The van der Waals surface area contributed by atoms with Crippen molar-refractivity contribution < 1.29 is 5.11 Å². The Hall–Kier alpha value is -1.46. The maximum absolute atomic E-state index is 9.77. The maximum atomic E-state index is 9.77. The van der Waals surface area contributed by atoms with Gasteiger partial charge in [0.1, 0.15) is 15.8 Å². The van der Waals surface area contributed by atoms with Gasteiger partial charge in [-0.05, 0) is 46.7 Å². The highest BCUT2D eigenvalue weighted by atomic mass is 32.1. The average molecular weight is 305 g/mol. The largest absolute Gasteiger partial charge is 0.508 e. The highest BCUT2D eigenvalue weighted by Gasteiger charge is 2.12. The quantitative estimate of drug-likeness (QED) is 0.830. The number of phenols is 1. The van der Waals surface area contributed by atoms with Crippen LogP contribution in [0.15, 0.2) is 18.2 Å². The minimum atomic E-state index is 0.158. The monoisotopic (exact) mass is 305 g/mol. The second kappa shape index (κ2) is 6.54. The first-order valence-corrected chi connectivity index (χ1v) is 8.05. The Bertz CT molecular complexity index is 602. The van der Waals surface area contributed by atoms with Crippen LogP contribution in [0, 0.1) is 6.92 Å². The molecular formula is C16H23N3OS.